The van der Waals surface area contributed by atoms with Crippen molar-refractivity contribution >= 4 is 55.1 Å². The molecule has 0 saturated carbocycles. The number of anilines is 1. The average Bonchev–Trinajstić information content (AvgIpc) is 3.25. The summed E-state index contributed by atoms with van der Waals surface area (Å²) in [6.07, 6.45) is 5.58. The van der Waals surface area contributed by atoms with Gasteiger partial charge in [-0.2, -0.15) is 0 Å². The van der Waals surface area contributed by atoms with E-state index in [4.69, 9.17) is 4.98 Å². The van der Waals surface area contributed by atoms with Gasteiger partial charge in [0.2, 0.25) is 0 Å². The minimum Gasteiger partial charge on any atom is -0.279 e. The molecule has 2 aromatic heterocycles. The lowest BCUT2D eigenvalue weighted by Gasteiger charge is -2.20. The van der Waals surface area contributed by atoms with Crippen LogP contribution in [0.2, 0.25) is 0 Å². The third-order valence-electron chi connectivity index (χ3n) is 5.12. The number of fused-ring (bicyclic) bond motifs is 2. The van der Waals surface area contributed by atoms with E-state index in [1.165, 1.54) is 4.90 Å². The van der Waals surface area contributed by atoms with Crippen molar-refractivity contribution in [3.05, 3.63) is 96.3 Å². The third kappa shape index (κ3) is 4.04. The fourth-order valence-electron chi connectivity index (χ4n) is 3.51. The summed E-state index contributed by atoms with van der Waals surface area (Å²) in [6, 6.07) is 24.0. The smallest absolute Gasteiger partial charge is 0.260 e. The number of nitrogens with zero attached hydrogens (tertiary/aromatic N) is 3. The van der Waals surface area contributed by atoms with Crippen molar-refractivity contribution in [3.8, 4) is 0 Å². The average molecular weight is 442 g/mol. The first kappa shape index (κ1) is 19.7. The zero-order valence-electron chi connectivity index (χ0n) is 16.9. The molecule has 152 valence electrons. The number of carbonyl (C=O) groups excluding carboxylic acids is 1. The van der Waals surface area contributed by atoms with Crippen molar-refractivity contribution in [2.75, 3.05) is 11.2 Å². The Hall–Kier alpha value is -3.22. The second-order valence-electron chi connectivity index (χ2n) is 7.14. The molecule has 0 unspecified atom stereocenters. The number of benzene rings is 3. The number of carbonyl (C=O) groups is 1. The van der Waals surface area contributed by atoms with Crippen molar-refractivity contribution < 1.29 is 4.79 Å². The number of pyridine rings is 1. The molecule has 0 atom stereocenters. The Morgan fingerprint density at radius 3 is 2.68 bits per heavy atom. The number of thioether (sulfide) groups is 1. The normalized spacial score (nSPS) is 11.1. The fraction of sp³-hybridized carbons (Fsp3) is 0.0800. The fourth-order valence-corrected chi connectivity index (χ4v) is 5.03. The van der Waals surface area contributed by atoms with Crippen LogP contribution in [0.25, 0.3) is 21.0 Å². The van der Waals surface area contributed by atoms with E-state index in [9.17, 15) is 4.79 Å². The largest absolute Gasteiger partial charge is 0.279 e. The summed E-state index contributed by atoms with van der Waals surface area (Å²) in [6.45, 7) is 0.411. The summed E-state index contributed by atoms with van der Waals surface area (Å²) in [4.78, 5) is 25.6. The van der Waals surface area contributed by atoms with Crippen molar-refractivity contribution in [1.29, 1.82) is 0 Å². The molecule has 6 heteroatoms. The van der Waals surface area contributed by atoms with Gasteiger partial charge in [0.25, 0.3) is 5.91 Å². The van der Waals surface area contributed by atoms with E-state index >= 15 is 0 Å². The zero-order chi connectivity index (χ0) is 21.2. The molecule has 3 aromatic carbocycles. The third-order valence-corrected chi connectivity index (χ3v) is 6.89. The molecule has 0 radical (unpaired) electrons. The highest BCUT2D eigenvalue weighted by molar-refractivity contribution is 7.98. The van der Waals surface area contributed by atoms with Gasteiger partial charge in [-0.1, -0.05) is 47.7 Å². The van der Waals surface area contributed by atoms with Gasteiger partial charge >= 0.3 is 0 Å². The van der Waals surface area contributed by atoms with Crippen LogP contribution in [0.5, 0.6) is 0 Å². The molecule has 4 nitrogen and oxygen atoms in total. The van der Waals surface area contributed by atoms with Crippen LogP contribution in [0.4, 0.5) is 5.13 Å². The van der Waals surface area contributed by atoms with E-state index in [-0.39, 0.29) is 5.91 Å². The van der Waals surface area contributed by atoms with E-state index < -0.39 is 0 Å². The van der Waals surface area contributed by atoms with E-state index in [1.807, 2.05) is 60.7 Å². The Morgan fingerprint density at radius 1 is 1.00 bits per heavy atom. The number of hydrogen-bond donors (Lipinski definition) is 0. The molecule has 1 amide bonds. The Balaban J connectivity index is 1.58. The van der Waals surface area contributed by atoms with Gasteiger partial charge in [0.1, 0.15) is 0 Å². The number of thiazole rings is 1. The first-order chi connectivity index (χ1) is 15.2. The molecule has 31 heavy (non-hydrogen) atoms. The topological polar surface area (TPSA) is 46.1 Å². The highest BCUT2D eigenvalue weighted by Crippen LogP contribution is 2.33. The van der Waals surface area contributed by atoms with Crippen molar-refractivity contribution in [2.24, 2.45) is 0 Å². The highest BCUT2D eigenvalue weighted by Gasteiger charge is 2.22. The van der Waals surface area contributed by atoms with Gasteiger partial charge in [-0.3, -0.25) is 14.7 Å². The van der Waals surface area contributed by atoms with Gasteiger partial charge in [-0.05, 0) is 59.0 Å². The number of hydrogen-bond acceptors (Lipinski definition) is 5. The van der Waals surface area contributed by atoms with Gasteiger partial charge in [-0.25, -0.2) is 4.98 Å². The van der Waals surface area contributed by atoms with Gasteiger partial charge in [-0.15, -0.1) is 11.8 Å². The van der Waals surface area contributed by atoms with Crippen LogP contribution in [0.3, 0.4) is 0 Å². The molecule has 0 N–H and O–H groups in total. The predicted octanol–water partition coefficient (Wildman–Crippen LogP) is 6.41. The summed E-state index contributed by atoms with van der Waals surface area (Å²) in [5, 5.41) is 2.85. The Kier molecular flexibility index (Phi) is 5.40. The summed E-state index contributed by atoms with van der Waals surface area (Å²) < 4.78 is 1.07. The summed E-state index contributed by atoms with van der Waals surface area (Å²) in [5.74, 6) is -0.0706. The summed E-state index contributed by atoms with van der Waals surface area (Å²) in [5.41, 5.74) is 2.51. The lowest BCUT2D eigenvalue weighted by atomic mass is 10.1. The number of amides is 1. The van der Waals surface area contributed by atoms with Gasteiger partial charge in [0, 0.05) is 22.9 Å². The molecule has 0 aliphatic carbocycles. The first-order valence-electron chi connectivity index (χ1n) is 9.85. The minimum absolute atomic E-state index is 0.0706. The van der Waals surface area contributed by atoms with E-state index in [2.05, 4.69) is 23.4 Å². The maximum absolute atomic E-state index is 13.7. The van der Waals surface area contributed by atoms with Crippen LogP contribution in [-0.2, 0) is 6.54 Å². The minimum atomic E-state index is -0.0706. The first-order valence-corrected chi connectivity index (χ1v) is 11.9. The summed E-state index contributed by atoms with van der Waals surface area (Å²) >= 11 is 3.24. The zero-order valence-corrected chi connectivity index (χ0v) is 18.5. The second-order valence-corrected chi connectivity index (χ2v) is 9.03. The molecule has 0 fully saturated rings. The van der Waals surface area contributed by atoms with Crippen molar-refractivity contribution in [3.63, 3.8) is 0 Å². The van der Waals surface area contributed by atoms with Crippen molar-refractivity contribution in [1.82, 2.24) is 9.97 Å². The number of rotatable bonds is 5. The lowest BCUT2D eigenvalue weighted by Crippen LogP contribution is -2.30. The second kappa shape index (κ2) is 8.49. The molecule has 0 bridgehead atoms. The molecule has 0 spiro atoms. The van der Waals surface area contributed by atoms with Crippen LogP contribution in [0, 0.1) is 0 Å². The van der Waals surface area contributed by atoms with Crippen LogP contribution < -0.4 is 4.90 Å². The van der Waals surface area contributed by atoms with Gasteiger partial charge in [0.15, 0.2) is 5.13 Å². The Labute approximate surface area is 188 Å². The predicted molar refractivity (Wildman–Crippen MR) is 130 cm³/mol. The van der Waals surface area contributed by atoms with Crippen LogP contribution >= 0.6 is 23.1 Å². The SMILES string of the molecule is CSc1ccc2nc(N(Cc3cccnc3)C(=O)c3ccc4ccccc4c3)sc2c1. The lowest BCUT2D eigenvalue weighted by molar-refractivity contribution is 0.0985. The molecular formula is C25H19N3OS2. The van der Waals surface area contributed by atoms with Crippen molar-refractivity contribution in [2.45, 2.75) is 11.4 Å². The molecule has 5 rings (SSSR count). The van der Waals surface area contributed by atoms with Crippen LogP contribution in [-0.4, -0.2) is 22.1 Å². The Bertz CT molecular complexity index is 1380. The van der Waals surface area contributed by atoms with E-state index in [1.54, 1.807) is 40.4 Å². The highest BCUT2D eigenvalue weighted by atomic mass is 32.2. The summed E-state index contributed by atoms with van der Waals surface area (Å²) in [7, 11) is 0. The molecular weight excluding hydrogens is 422 g/mol. The Morgan fingerprint density at radius 2 is 1.87 bits per heavy atom. The quantitative estimate of drug-likeness (QED) is 0.296. The van der Waals surface area contributed by atoms with Crippen LogP contribution in [0.15, 0.2) is 90.1 Å². The van der Waals surface area contributed by atoms with E-state index in [0.29, 0.717) is 17.2 Å². The molecule has 5 aromatic rings. The van der Waals surface area contributed by atoms with Crippen LogP contribution in [0.1, 0.15) is 15.9 Å². The molecule has 0 aliphatic heterocycles. The van der Waals surface area contributed by atoms with E-state index in [0.717, 1.165) is 26.6 Å². The standard InChI is InChI=1S/C25H19N3OS2/c1-30-21-10-11-22-23(14-21)31-25(27-22)28(16-17-5-4-12-26-15-17)24(29)20-9-8-18-6-2-3-7-19(18)13-20/h2-15H,16H2,1H3. The molecule has 2 heterocycles. The maximum atomic E-state index is 13.7. The van der Waals surface area contributed by atoms with Gasteiger partial charge < -0.3 is 0 Å². The van der Waals surface area contributed by atoms with Gasteiger partial charge in [0.05, 0.1) is 16.8 Å². The molecule has 0 saturated heterocycles. The maximum Gasteiger partial charge on any atom is 0.260 e. The molecule has 0 aliphatic rings. The number of aromatic nitrogens is 2. The monoisotopic (exact) mass is 441 g/mol.